The van der Waals surface area contributed by atoms with E-state index >= 15 is 0 Å². The number of piperidine rings is 1. The number of hydrogen-bond donors (Lipinski definition) is 2. The molecule has 0 radical (unpaired) electrons. The number of amides is 3. The highest BCUT2D eigenvalue weighted by Crippen LogP contribution is 2.28. The Balaban J connectivity index is 1.99. The van der Waals surface area contributed by atoms with Gasteiger partial charge in [-0.15, -0.1) is 0 Å². The smallest absolute Gasteiger partial charge is 0.433 e. The van der Waals surface area contributed by atoms with E-state index in [0.29, 0.717) is 6.42 Å². The van der Waals surface area contributed by atoms with Crippen LogP contribution in [0.2, 0.25) is 0 Å². The average Bonchev–Trinajstić information content (AvgIpc) is 2.65. The van der Waals surface area contributed by atoms with Gasteiger partial charge in [0.15, 0.2) is 0 Å². The lowest BCUT2D eigenvalue weighted by atomic mass is 9.97. The Morgan fingerprint density at radius 3 is 2.39 bits per heavy atom. The Morgan fingerprint density at radius 1 is 1.19 bits per heavy atom. The highest BCUT2D eigenvalue weighted by molar-refractivity contribution is 5.89. The number of pyridine rings is 1. The van der Waals surface area contributed by atoms with Crippen molar-refractivity contribution in [3.63, 3.8) is 0 Å². The van der Waals surface area contributed by atoms with Crippen LogP contribution in [-0.4, -0.2) is 59.3 Å². The molecule has 3 amide bonds. The molecule has 2 N–H and O–H groups in total. The van der Waals surface area contributed by atoms with Gasteiger partial charge < -0.3 is 20.1 Å². The molecule has 31 heavy (non-hydrogen) atoms. The number of ether oxygens (including phenoxy) is 2. The number of rotatable bonds is 3. The second kappa shape index (κ2) is 9.40. The predicted octanol–water partition coefficient (Wildman–Crippen LogP) is 3.16. The van der Waals surface area contributed by atoms with E-state index in [-0.39, 0.29) is 18.7 Å². The summed E-state index contributed by atoms with van der Waals surface area (Å²) in [5.41, 5.74) is -1.75. The lowest BCUT2D eigenvalue weighted by molar-refractivity contribution is -0.148. The van der Waals surface area contributed by atoms with Gasteiger partial charge >= 0.3 is 24.3 Å². The van der Waals surface area contributed by atoms with Crippen LogP contribution in [0.5, 0.6) is 0 Å². The number of esters is 1. The fourth-order valence-corrected chi connectivity index (χ4v) is 2.98. The lowest BCUT2D eigenvalue weighted by Gasteiger charge is -2.38. The van der Waals surface area contributed by atoms with Crippen molar-refractivity contribution in [2.75, 3.05) is 19.0 Å². The van der Waals surface area contributed by atoms with Gasteiger partial charge in [0.05, 0.1) is 19.0 Å². The first kappa shape index (κ1) is 24.2. The van der Waals surface area contributed by atoms with Gasteiger partial charge in [-0.3, -0.25) is 4.90 Å². The molecule has 2 atom stereocenters. The molecule has 2 unspecified atom stereocenters. The van der Waals surface area contributed by atoms with Crippen LogP contribution in [0.1, 0.15) is 39.3 Å². The molecule has 1 aromatic rings. The minimum absolute atomic E-state index is 0.0706. The van der Waals surface area contributed by atoms with Gasteiger partial charge in [-0.25, -0.2) is 19.4 Å². The number of aromatic nitrogens is 1. The molecule has 0 saturated carbocycles. The maximum Gasteiger partial charge on any atom is 0.433 e. The molecule has 2 rings (SSSR count). The van der Waals surface area contributed by atoms with Gasteiger partial charge in [0.25, 0.3) is 0 Å². The summed E-state index contributed by atoms with van der Waals surface area (Å²) in [7, 11) is 1.19. The number of hydrogen-bond acceptors (Lipinski definition) is 6. The van der Waals surface area contributed by atoms with Crippen LogP contribution in [-0.2, 0) is 20.4 Å². The zero-order chi connectivity index (χ0) is 23.4. The number of likely N-dealkylation sites (tertiary alicyclic amines) is 1. The highest BCUT2D eigenvalue weighted by atomic mass is 19.4. The summed E-state index contributed by atoms with van der Waals surface area (Å²) in [5, 5.41) is 5.03. The van der Waals surface area contributed by atoms with Crippen LogP contribution in [0.25, 0.3) is 0 Å². The molecule has 0 spiro atoms. The molecular weight excluding hydrogens is 421 g/mol. The van der Waals surface area contributed by atoms with Crippen LogP contribution in [0.4, 0.5) is 28.4 Å². The fourth-order valence-electron chi connectivity index (χ4n) is 2.98. The number of methoxy groups -OCH3 is 1. The molecule has 1 aliphatic rings. The molecular formula is C19H25F3N4O5. The van der Waals surface area contributed by atoms with Crippen molar-refractivity contribution >= 4 is 23.8 Å². The number of anilines is 1. The van der Waals surface area contributed by atoms with E-state index in [1.54, 1.807) is 20.8 Å². The normalized spacial score (nSPS) is 19.4. The fraction of sp³-hybridized carbons (Fsp3) is 0.579. The first-order chi connectivity index (χ1) is 14.3. The molecule has 0 aromatic carbocycles. The highest BCUT2D eigenvalue weighted by Gasteiger charge is 2.39. The first-order valence-electron chi connectivity index (χ1n) is 9.48. The van der Waals surface area contributed by atoms with E-state index in [4.69, 9.17) is 9.47 Å². The van der Waals surface area contributed by atoms with Crippen molar-refractivity contribution in [2.45, 2.75) is 57.5 Å². The standard InChI is InChI=1S/C19H25F3N4O5/c1-18(2,3)31-17(29)26-8-7-11(9-13(26)15(27)30-4)24-16(28)25-12-5-6-14(23-10-12)19(20,21)22/h5-6,10-11,13H,7-9H2,1-4H3,(H2,24,25,28). The Hall–Kier alpha value is -3.05. The summed E-state index contributed by atoms with van der Waals surface area (Å²) in [6, 6.07) is -0.280. The molecule has 2 heterocycles. The minimum Gasteiger partial charge on any atom is -0.467 e. The minimum atomic E-state index is -4.58. The van der Waals surface area contributed by atoms with Crippen LogP contribution in [0.15, 0.2) is 18.3 Å². The Morgan fingerprint density at radius 2 is 1.87 bits per heavy atom. The molecule has 12 heteroatoms. The number of urea groups is 1. The van der Waals surface area contributed by atoms with Gasteiger partial charge in [0.2, 0.25) is 0 Å². The van der Waals surface area contributed by atoms with E-state index in [0.717, 1.165) is 18.3 Å². The maximum atomic E-state index is 12.6. The first-order valence-corrected chi connectivity index (χ1v) is 9.48. The Bertz CT molecular complexity index is 808. The lowest BCUT2D eigenvalue weighted by Crippen LogP contribution is -2.56. The van der Waals surface area contributed by atoms with Crippen LogP contribution in [0.3, 0.4) is 0 Å². The molecule has 0 bridgehead atoms. The third kappa shape index (κ3) is 7.00. The van der Waals surface area contributed by atoms with E-state index < -0.39 is 47.6 Å². The number of carbonyl (C=O) groups excluding carboxylic acids is 3. The van der Waals surface area contributed by atoms with Gasteiger partial charge in [0, 0.05) is 12.6 Å². The average molecular weight is 446 g/mol. The molecule has 1 aliphatic heterocycles. The van der Waals surface area contributed by atoms with Crippen molar-refractivity contribution < 1.29 is 37.0 Å². The number of alkyl halides is 3. The van der Waals surface area contributed by atoms with Gasteiger partial charge in [-0.2, -0.15) is 13.2 Å². The summed E-state index contributed by atoms with van der Waals surface area (Å²) < 4.78 is 47.8. The van der Waals surface area contributed by atoms with Crippen molar-refractivity contribution in [3.05, 3.63) is 24.0 Å². The number of halogens is 3. The van der Waals surface area contributed by atoms with Crippen molar-refractivity contribution in [1.82, 2.24) is 15.2 Å². The third-order valence-corrected chi connectivity index (χ3v) is 4.35. The van der Waals surface area contributed by atoms with Crippen LogP contribution < -0.4 is 10.6 Å². The summed E-state index contributed by atoms with van der Waals surface area (Å²) >= 11 is 0. The second-order valence-electron chi connectivity index (χ2n) is 7.96. The quantitative estimate of drug-likeness (QED) is 0.691. The van der Waals surface area contributed by atoms with Gasteiger partial charge in [-0.05, 0) is 45.7 Å². The van der Waals surface area contributed by atoms with Crippen molar-refractivity contribution in [3.8, 4) is 0 Å². The van der Waals surface area contributed by atoms with Gasteiger partial charge in [-0.1, -0.05) is 0 Å². The summed E-state index contributed by atoms with van der Waals surface area (Å²) in [4.78, 5) is 41.3. The van der Waals surface area contributed by atoms with Crippen LogP contribution >= 0.6 is 0 Å². The van der Waals surface area contributed by atoms with E-state index in [1.807, 2.05) is 0 Å². The monoisotopic (exact) mass is 446 g/mol. The van der Waals surface area contributed by atoms with Crippen LogP contribution in [0, 0.1) is 0 Å². The molecule has 1 saturated heterocycles. The second-order valence-corrected chi connectivity index (χ2v) is 7.96. The molecule has 9 nitrogen and oxygen atoms in total. The Labute approximate surface area is 177 Å². The zero-order valence-electron chi connectivity index (χ0n) is 17.6. The number of nitrogens with zero attached hydrogens (tertiary/aromatic N) is 2. The van der Waals surface area contributed by atoms with E-state index in [9.17, 15) is 27.6 Å². The molecule has 1 fully saturated rings. The van der Waals surface area contributed by atoms with E-state index in [2.05, 4.69) is 15.6 Å². The largest absolute Gasteiger partial charge is 0.467 e. The Kier molecular flexibility index (Phi) is 7.34. The van der Waals surface area contributed by atoms with Crippen molar-refractivity contribution in [2.24, 2.45) is 0 Å². The number of nitrogens with one attached hydrogen (secondary N) is 2. The molecule has 0 aliphatic carbocycles. The zero-order valence-corrected chi connectivity index (χ0v) is 17.6. The van der Waals surface area contributed by atoms with Crippen molar-refractivity contribution in [1.29, 1.82) is 0 Å². The topological polar surface area (TPSA) is 110 Å². The predicted molar refractivity (Wildman–Crippen MR) is 103 cm³/mol. The number of carbonyl (C=O) groups is 3. The molecule has 172 valence electrons. The van der Waals surface area contributed by atoms with E-state index in [1.165, 1.54) is 12.0 Å². The maximum absolute atomic E-state index is 12.6. The summed E-state index contributed by atoms with van der Waals surface area (Å²) in [6.07, 6.45) is -3.92. The summed E-state index contributed by atoms with van der Waals surface area (Å²) in [5.74, 6) is -0.648. The summed E-state index contributed by atoms with van der Waals surface area (Å²) in [6.45, 7) is 5.24. The SMILES string of the molecule is COC(=O)C1CC(NC(=O)Nc2ccc(C(F)(F)F)nc2)CCN1C(=O)OC(C)(C)C. The van der Waals surface area contributed by atoms with Gasteiger partial charge in [0.1, 0.15) is 17.3 Å². The molecule has 1 aromatic heterocycles. The third-order valence-electron chi connectivity index (χ3n) is 4.35.